The molecule has 0 aliphatic carbocycles. The van der Waals surface area contributed by atoms with Gasteiger partial charge in [0.25, 0.3) is 11.8 Å². The van der Waals surface area contributed by atoms with Gasteiger partial charge in [-0.2, -0.15) is 0 Å². The molecule has 0 N–H and O–H groups in total. The number of thioether (sulfide) groups is 1. The quantitative estimate of drug-likeness (QED) is 0.725. The number of benzene rings is 1. The number of carbonyl (C=O) groups excluding carboxylic acids is 2. The van der Waals surface area contributed by atoms with Gasteiger partial charge in [0.2, 0.25) is 0 Å². The normalized spacial score (nSPS) is 15.4. The van der Waals surface area contributed by atoms with Gasteiger partial charge in [-0.05, 0) is 25.2 Å². The lowest BCUT2D eigenvalue weighted by atomic mass is 10.1. The summed E-state index contributed by atoms with van der Waals surface area (Å²) < 4.78 is 5.47. The molecule has 0 saturated heterocycles. The first-order chi connectivity index (χ1) is 10.6. The molecule has 1 aliphatic heterocycles. The highest BCUT2D eigenvalue weighted by Gasteiger charge is 2.38. The molecule has 0 bridgehead atoms. The molecular formula is C17H21NO3S. The Bertz CT molecular complexity index is 581. The number of ether oxygens (including phenoxy) is 1. The largest absolute Gasteiger partial charge is 0.377 e. The van der Waals surface area contributed by atoms with E-state index < -0.39 is 0 Å². The van der Waals surface area contributed by atoms with Gasteiger partial charge < -0.3 is 4.74 Å². The molecule has 1 aromatic carbocycles. The summed E-state index contributed by atoms with van der Waals surface area (Å²) in [6.07, 6.45) is 0.0823. The van der Waals surface area contributed by atoms with Crippen LogP contribution in [0.15, 0.2) is 35.2 Å². The smallest absolute Gasteiger partial charge is 0.268 e. The van der Waals surface area contributed by atoms with Gasteiger partial charge in [0.05, 0.1) is 29.7 Å². The topological polar surface area (TPSA) is 46.6 Å². The molecule has 0 saturated carbocycles. The van der Waals surface area contributed by atoms with Crippen LogP contribution in [0.1, 0.15) is 26.3 Å². The second-order valence-corrected chi connectivity index (χ2v) is 6.46. The highest BCUT2D eigenvalue weighted by Crippen LogP contribution is 2.35. The summed E-state index contributed by atoms with van der Waals surface area (Å²) in [5.41, 5.74) is 1.31. The maximum atomic E-state index is 12.7. The third-order valence-electron chi connectivity index (χ3n) is 3.24. The minimum absolute atomic E-state index is 0.0823. The number of rotatable bonds is 7. The average molecular weight is 319 g/mol. The Morgan fingerprint density at radius 3 is 2.41 bits per heavy atom. The van der Waals surface area contributed by atoms with Gasteiger partial charge in [0.1, 0.15) is 0 Å². The average Bonchev–Trinajstić information content (AvgIpc) is 2.73. The van der Waals surface area contributed by atoms with E-state index in [4.69, 9.17) is 4.74 Å². The summed E-state index contributed by atoms with van der Waals surface area (Å²) in [6.45, 7) is 6.49. The van der Waals surface area contributed by atoms with Crippen molar-refractivity contribution in [2.75, 3.05) is 18.9 Å². The molecule has 1 aromatic rings. The standard InChI is InChI=1S/C17H21NO3S/c1-4-22-15-14(13-8-6-5-7-9-13)16(19)18(17(15)20)10-11-21-12(2)3/h5-9,12H,4,10-11H2,1-3H3. The molecule has 0 fully saturated rings. The van der Waals surface area contributed by atoms with Crippen LogP contribution in [0.2, 0.25) is 0 Å². The zero-order valence-corrected chi connectivity index (χ0v) is 14.0. The second kappa shape index (κ2) is 7.61. The Morgan fingerprint density at radius 1 is 1.14 bits per heavy atom. The number of hydrogen-bond donors (Lipinski definition) is 0. The minimum Gasteiger partial charge on any atom is -0.377 e. The van der Waals surface area contributed by atoms with Crippen LogP contribution in [0.3, 0.4) is 0 Å². The van der Waals surface area contributed by atoms with Gasteiger partial charge in [-0.25, -0.2) is 0 Å². The molecule has 2 amide bonds. The monoisotopic (exact) mass is 319 g/mol. The van der Waals surface area contributed by atoms with Crippen LogP contribution < -0.4 is 0 Å². The van der Waals surface area contributed by atoms with Crippen molar-refractivity contribution in [3.05, 3.63) is 40.8 Å². The fraction of sp³-hybridized carbons (Fsp3) is 0.412. The molecule has 0 atom stereocenters. The van der Waals surface area contributed by atoms with Crippen molar-refractivity contribution in [3.8, 4) is 0 Å². The molecular weight excluding hydrogens is 298 g/mol. The molecule has 5 heteroatoms. The van der Waals surface area contributed by atoms with E-state index in [1.165, 1.54) is 16.7 Å². The first kappa shape index (κ1) is 16.8. The second-order valence-electron chi connectivity index (χ2n) is 5.18. The predicted molar refractivity (Wildman–Crippen MR) is 89.3 cm³/mol. The van der Waals surface area contributed by atoms with Crippen molar-refractivity contribution in [2.45, 2.75) is 26.9 Å². The maximum Gasteiger partial charge on any atom is 0.268 e. The van der Waals surface area contributed by atoms with Crippen LogP contribution >= 0.6 is 11.8 Å². The van der Waals surface area contributed by atoms with E-state index in [1.807, 2.05) is 51.1 Å². The Balaban J connectivity index is 2.25. The van der Waals surface area contributed by atoms with Crippen molar-refractivity contribution in [1.29, 1.82) is 0 Å². The Labute approximate surface area is 135 Å². The summed E-state index contributed by atoms with van der Waals surface area (Å²) in [7, 11) is 0. The van der Waals surface area contributed by atoms with Gasteiger partial charge in [0, 0.05) is 0 Å². The van der Waals surface area contributed by atoms with Gasteiger partial charge in [0.15, 0.2) is 0 Å². The molecule has 1 aliphatic rings. The highest BCUT2D eigenvalue weighted by molar-refractivity contribution is 8.04. The molecule has 1 heterocycles. The molecule has 0 radical (unpaired) electrons. The van der Waals surface area contributed by atoms with Gasteiger partial charge in [-0.1, -0.05) is 37.3 Å². The van der Waals surface area contributed by atoms with Crippen molar-refractivity contribution in [2.24, 2.45) is 0 Å². The van der Waals surface area contributed by atoms with E-state index >= 15 is 0 Å². The first-order valence-electron chi connectivity index (χ1n) is 7.46. The third kappa shape index (κ3) is 3.59. The molecule has 4 nitrogen and oxygen atoms in total. The number of amides is 2. The first-order valence-corrected chi connectivity index (χ1v) is 8.45. The van der Waals surface area contributed by atoms with Gasteiger partial charge in [-0.15, -0.1) is 11.8 Å². The number of hydrogen-bond acceptors (Lipinski definition) is 4. The van der Waals surface area contributed by atoms with Crippen molar-refractivity contribution in [3.63, 3.8) is 0 Å². The van der Waals surface area contributed by atoms with Crippen molar-refractivity contribution < 1.29 is 14.3 Å². The summed E-state index contributed by atoms with van der Waals surface area (Å²) in [6, 6.07) is 9.37. The summed E-state index contributed by atoms with van der Waals surface area (Å²) >= 11 is 1.42. The molecule has 0 spiro atoms. The van der Waals surface area contributed by atoms with Crippen molar-refractivity contribution >= 4 is 29.1 Å². The van der Waals surface area contributed by atoms with E-state index in [0.29, 0.717) is 23.6 Å². The van der Waals surface area contributed by atoms with Gasteiger partial charge in [-0.3, -0.25) is 14.5 Å². The molecule has 0 unspecified atom stereocenters. The Morgan fingerprint density at radius 2 is 1.82 bits per heavy atom. The number of imide groups is 1. The van der Waals surface area contributed by atoms with Crippen LogP contribution in [-0.2, 0) is 14.3 Å². The molecule has 2 rings (SSSR count). The fourth-order valence-electron chi connectivity index (χ4n) is 2.27. The van der Waals surface area contributed by atoms with E-state index in [2.05, 4.69) is 0 Å². The Hall–Kier alpha value is -1.59. The van der Waals surface area contributed by atoms with E-state index in [1.54, 1.807) is 0 Å². The van der Waals surface area contributed by atoms with Crippen LogP contribution in [0.4, 0.5) is 0 Å². The fourth-order valence-corrected chi connectivity index (χ4v) is 3.15. The van der Waals surface area contributed by atoms with E-state index in [-0.39, 0.29) is 17.9 Å². The van der Waals surface area contributed by atoms with Crippen molar-refractivity contribution in [1.82, 2.24) is 4.90 Å². The SMILES string of the molecule is CCSC1=C(c2ccccc2)C(=O)N(CCOC(C)C)C1=O. The van der Waals surface area contributed by atoms with Crippen LogP contribution in [-0.4, -0.2) is 41.7 Å². The number of carbonyl (C=O) groups is 2. The molecule has 0 aromatic heterocycles. The Kier molecular flexibility index (Phi) is 5.80. The van der Waals surface area contributed by atoms with Gasteiger partial charge >= 0.3 is 0 Å². The molecule has 118 valence electrons. The highest BCUT2D eigenvalue weighted by atomic mass is 32.2. The van der Waals surface area contributed by atoms with E-state index in [0.717, 1.165) is 11.3 Å². The minimum atomic E-state index is -0.223. The lowest BCUT2D eigenvalue weighted by molar-refractivity contribution is -0.137. The van der Waals surface area contributed by atoms with Crippen LogP contribution in [0, 0.1) is 0 Å². The number of nitrogens with zero attached hydrogens (tertiary/aromatic N) is 1. The zero-order chi connectivity index (χ0) is 16.1. The third-order valence-corrected chi connectivity index (χ3v) is 4.20. The van der Waals surface area contributed by atoms with Crippen LogP contribution in [0.5, 0.6) is 0 Å². The zero-order valence-electron chi connectivity index (χ0n) is 13.2. The van der Waals surface area contributed by atoms with E-state index in [9.17, 15) is 9.59 Å². The lowest BCUT2D eigenvalue weighted by Gasteiger charge is -2.16. The maximum absolute atomic E-state index is 12.7. The molecule has 22 heavy (non-hydrogen) atoms. The summed E-state index contributed by atoms with van der Waals surface area (Å²) in [5, 5.41) is 0. The van der Waals surface area contributed by atoms with Crippen LogP contribution in [0.25, 0.3) is 5.57 Å². The lowest BCUT2D eigenvalue weighted by Crippen LogP contribution is -2.35. The predicted octanol–water partition coefficient (Wildman–Crippen LogP) is 2.94. The summed E-state index contributed by atoms with van der Waals surface area (Å²) in [4.78, 5) is 27.0. The summed E-state index contributed by atoms with van der Waals surface area (Å²) in [5.74, 6) is 0.323.